The molecule has 21 heavy (non-hydrogen) atoms. The number of nitrogens with zero attached hydrogens (tertiary/aromatic N) is 2. The Morgan fingerprint density at radius 2 is 2.14 bits per heavy atom. The largest absolute Gasteiger partial charge is 0.467 e. The van der Waals surface area contributed by atoms with Crippen LogP contribution in [0.1, 0.15) is 16.1 Å². The van der Waals surface area contributed by atoms with E-state index >= 15 is 0 Å². The quantitative estimate of drug-likeness (QED) is 0.686. The first kappa shape index (κ1) is 13.1. The highest BCUT2D eigenvalue weighted by molar-refractivity contribution is 5.90. The molecule has 0 radical (unpaired) electrons. The zero-order chi connectivity index (χ0) is 14.8. The van der Waals surface area contributed by atoms with Gasteiger partial charge in [0.25, 0.3) is 5.56 Å². The van der Waals surface area contributed by atoms with Crippen molar-refractivity contribution >= 4 is 16.9 Å². The van der Waals surface area contributed by atoms with Crippen molar-refractivity contribution in [3.05, 3.63) is 64.6 Å². The van der Waals surface area contributed by atoms with Crippen LogP contribution in [-0.4, -0.2) is 22.6 Å². The average Bonchev–Trinajstić information content (AvgIpc) is 2.98. The van der Waals surface area contributed by atoms with Crippen LogP contribution in [0.3, 0.4) is 0 Å². The van der Waals surface area contributed by atoms with Gasteiger partial charge >= 0.3 is 5.97 Å². The number of carbonyl (C=O) groups is 1. The molecule has 0 saturated heterocycles. The highest BCUT2D eigenvalue weighted by Crippen LogP contribution is 2.13. The van der Waals surface area contributed by atoms with E-state index in [0.717, 1.165) is 0 Å². The van der Waals surface area contributed by atoms with Gasteiger partial charge in [-0.15, -0.1) is 0 Å². The molecule has 0 bridgehead atoms. The fourth-order valence-electron chi connectivity index (χ4n) is 2.13. The van der Waals surface area contributed by atoms with Gasteiger partial charge in [0.1, 0.15) is 11.3 Å². The number of hydrogen-bond acceptors (Lipinski definition) is 5. The monoisotopic (exact) mass is 284 g/mol. The second-order valence-electron chi connectivity index (χ2n) is 4.44. The molecule has 0 saturated carbocycles. The van der Waals surface area contributed by atoms with Gasteiger partial charge in [0.05, 0.1) is 37.1 Å². The van der Waals surface area contributed by atoms with Crippen LogP contribution in [0.25, 0.3) is 10.9 Å². The van der Waals surface area contributed by atoms with Crippen LogP contribution >= 0.6 is 0 Å². The SMILES string of the molecule is COC(=O)c1ccoc1Cn1cnc2ccccc2c1=O. The number of hydrogen-bond donors (Lipinski definition) is 0. The van der Waals surface area contributed by atoms with Crippen LogP contribution in [0.4, 0.5) is 0 Å². The van der Waals surface area contributed by atoms with Crippen LogP contribution < -0.4 is 5.56 Å². The lowest BCUT2D eigenvalue weighted by atomic mass is 10.2. The first-order valence-corrected chi connectivity index (χ1v) is 6.29. The van der Waals surface area contributed by atoms with Gasteiger partial charge in [-0.05, 0) is 18.2 Å². The number of ether oxygens (including phenoxy) is 1. The molecule has 0 aliphatic heterocycles. The highest BCUT2D eigenvalue weighted by atomic mass is 16.5. The van der Waals surface area contributed by atoms with Crippen LogP contribution in [-0.2, 0) is 11.3 Å². The summed E-state index contributed by atoms with van der Waals surface area (Å²) in [4.78, 5) is 28.2. The standard InChI is InChI=1S/C15H12N2O4/c1-20-15(19)11-6-7-21-13(11)8-17-9-16-12-5-3-2-4-10(12)14(17)18/h2-7,9H,8H2,1H3. The van der Waals surface area contributed by atoms with Crippen LogP contribution in [0, 0.1) is 0 Å². The number of esters is 1. The summed E-state index contributed by atoms with van der Waals surface area (Å²) in [6, 6.07) is 8.60. The Morgan fingerprint density at radius 3 is 2.95 bits per heavy atom. The van der Waals surface area contributed by atoms with Crippen molar-refractivity contribution in [2.24, 2.45) is 0 Å². The summed E-state index contributed by atoms with van der Waals surface area (Å²) in [5.41, 5.74) is 0.747. The van der Waals surface area contributed by atoms with Crippen LogP contribution in [0.2, 0.25) is 0 Å². The summed E-state index contributed by atoms with van der Waals surface area (Å²) in [5, 5.41) is 0.520. The molecule has 3 rings (SSSR count). The molecule has 0 amide bonds. The van der Waals surface area contributed by atoms with Gasteiger partial charge in [0.15, 0.2) is 0 Å². The van der Waals surface area contributed by atoms with Crippen LogP contribution in [0.15, 0.2) is 52.1 Å². The zero-order valence-corrected chi connectivity index (χ0v) is 11.3. The van der Waals surface area contributed by atoms with Gasteiger partial charge < -0.3 is 9.15 Å². The molecule has 1 aromatic carbocycles. The maximum atomic E-state index is 12.4. The first-order chi connectivity index (χ1) is 10.2. The Kier molecular flexibility index (Phi) is 3.27. The maximum absolute atomic E-state index is 12.4. The predicted octanol–water partition coefficient (Wildman–Crippen LogP) is 1.82. The molecule has 0 unspecified atom stereocenters. The summed E-state index contributed by atoms with van der Waals surface area (Å²) in [6.45, 7) is 0.119. The third kappa shape index (κ3) is 2.31. The van der Waals surface area contributed by atoms with E-state index in [1.165, 1.54) is 30.3 Å². The Hall–Kier alpha value is -2.89. The summed E-state index contributed by atoms with van der Waals surface area (Å²) in [6.07, 6.45) is 2.83. The lowest BCUT2D eigenvalue weighted by Gasteiger charge is -2.06. The molecular formula is C15H12N2O4. The van der Waals surface area contributed by atoms with Gasteiger partial charge in [-0.2, -0.15) is 0 Å². The van der Waals surface area contributed by atoms with Crippen molar-refractivity contribution in [3.63, 3.8) is 0 Å². The van der Waals surface area contributed by atoms with Crippen molar-refractivity contribution in [1.29, 1.82) is 0 Å². The second kappa shape index (κ2) is 5.24. The lowest BCUT2D eigenvalue weighted by molar-refractivity contribution is 0.0598. The Bertz CT molecular complexity index is 863. The van der Waals surface area contributed by atoms with E-state index in [1.807, 2.05) is 6.07 Å². The summed E-state index contributed by atoms with van der Waals surface area (Å²) in [7, 11) is 1.29. The van der Waals surface area contributed by atoms with E-state index in [4.69, 9.17) is 4.42 Å². The molecule has 106 valence electrons. The third-order valence-electron chi connectivity index (χ3n) is 3.20. The molecule has 0 aliphatic rings. The molecule has 0 N–H and O–H groups in total. The topological polar surface area (TPSA) is 74.3 Å². The number of para-hydroxylation sites is 1. The van der Waals surface area contributed by atoms with E-state index < -0.39 is 5.97 Å². The normalized spacial score (nSPS) is 10.7. The van der Waals surface area contributed by atoms with E-state index in [-0.39, 0.29) is 12.1 Å². The van der Waals surface area contributed by atoms with Gasteiger partial charge in [-0.3, -0.25) is 9.36 Å². The summed E-state index contributed by atoms with van der Waals surface area (Å²) < 4.78 is 11.3. The zero-order valence-electron chi connectivity index (χ0n) is 11.3. The van der Waals surface area contributed by atoms with E-state index in [9.17, 15) is 9.59 Å². The van der Waals surface area contributed by atoms with Crippen molar-refractivity contribution in [3.8, 4) is 0 Å². The number of carbonyl (C=O) groups excluding carboxylic acids is 1. The Labute approximate surface area is 119 Å². The number of benzene rings is 1. The number of rotatable bonds is 3. The lowest BCUT2D eigenvalue weighted by Crippen LogP contribution is -2.21. The van der Waals surface area contributed by atoms with Crippen molar-refractivity contribution in [1.82, 2.24) is 9.55 Å². The maximum Gasteiger partial charge on any atom is 0.341 e. The molecule has 0 atom stereocenters. The number of aromatic nitrogens is 2. The molecule has 3 aromatic rings. The molecule has 0 aliphatic carbocycles. The molecule has 2 aromatic heterocycles. The average molecular weight is 284 g/mol. The minimum Gasteiger partial charge on any atom is -0.467 e. The minimum atomic E-state index is -0.499. The van der Waals surface area contributed by atoms with Gasteiger partial charge in [-0.25, -0.2) is 9.78 Å². The number of methoxy groups -OCH3 is 1. The first-order valence-electron chi connectivity index (χ1n) is 6.29. The predicted molar refractivity (Wildman–Crippen MR) is 75.2 cm³/mol. The number of furan rings is 1. The summed E-state index contributed by atoms with van der Waals surface area (Å²) in [5.74, 6) is -0.137. The van der Waals surface area contributed by atoms with Crippen molar-refractivity contribution in [2.45, 2.75) is 6.54 Å². The molecule has 2 heterocycles. The Balaban J connectivity index is 2.03. The van der Waals surface area contributed by atoms with E-state index in [0.29, 0.717) is 22.2 Å². The fraction of sp³-hybridized carbons (Fsp3) is 0.133. The molecule has 0 fully saturated rings. The van der Waals surface area contributed by atoms with Crippen LogP contribution in [0.5, 0.6) is 0 Å². The highest BCUT2D eigenvalue weighted by Gasteiger charge is 2.16. The molecular weight excluding hydrogens is 272 g/mol. The molecule has 6 heteroatoms. The molecule has 0 spiro atoms. The second-order valence-corrected chi connectivity index (χ2v) is 4.44. The smallest absolute Gasteiger partial charge is 0.341 e. The van der Waals surface area contributed by atoms with Crippen molar-refractivity contribution in [2.75, 3.05) is 7.11 Å². The van der Waals surface area contributed by atoms with Gasteiger partial charge in [0.2, 0.25) is 0 Å². The molecule has 6 nitrogen and oxygen atoms in total. The fourth-order valence-corrected chi connectivity index (χ4v) is 2.13. The van der Waals surface area contributed by atoms with E-state index in [2.05, 4.69) is 9.72 Å². The third-order valence-corrected chi connectivity index (χ3v) is 3.20. The van der Waals surface area contributed by atoms with E-state index in [1.54, 1.807) is 18.2 Å². The minimum absolute atomic E-state index is 0.119. The Morgan fingerprint density at radius 1 is 1.33 bits per heavy atom. The van der Waals surface area contributed by atoms with Crippen molar-refractivity contribution < 1.29 is 13.9 Å². The van der Waals surface area contributed by atoms with Gasteiger partial charge in [0, 0.05) is 0 Å². The number of fused-ring (bicyclic) bond motifs is 1. The summed E-state index contributed by atoms with van der Waals surface area (Å²) >= 11 is 0. The van der Waals surface area contributed by atoms with Gasteiger partial charge in [-0.1, -0.05) is 12.1 Å².